The van der Waals surface area contributed by atoms with Crippen LogP contribution in [0, 0.1) is 0 Å². The Morgan fingerprint density at radius 1 is 1.11 bits per heavy atom. The van der Waals surface area contributed by atoms with E-state index < -0.39 is 9.28 Å². The number of unbranched alkanes of at least 4 members (excludes halogenated alkanes) is 1. The first-order valence-electron chi connectivity index (χ1n) is 6.90. The number of hydrogen-bond donors (Lipinski definition) is 0. The van der Waals surface area contributed by atoms with Crippen molar-refractivity contribution in [1.82, 2.24) is 0 Å². The standard InChI is InChI=1S/C13H28O4Si/c1-5-7-9-12(18(15-3)16-4)10-11-17-13(14)8-6-2/h12,18H,5-11H2,1-4H3. The zero-order valence-corrected chi connectivity index (χ0v) is 13.4. The summed E-state index contributed by atoms with van der Waals surface area (Å²) in [6.45, 7) is 4.64. The van der Waals surface area contributed by atoms with Gasteiger partial charge in [0.15, 0.2) is 0 Å². The van der Waals surface area contributed by atoms with E-state index in [0.29, 0.717) is 18.6 Å². The third-order valence-corrected chi connectivity index (χ3v) is 5.35. The predicted molar refractivity (Wildman–Crippen MR) is 74.9 cm³/mol. The van der Waals surface area contributed by atoms with Gasteiger partial charge in [-0.1, -0.05) is 26.7 Å². The number of carbonyl (C=O) groups is 1. The summed E-state index contributed by atoms with van der Waals surface area (Å²) < 4.78 is 16.1. The van der Waals surface area contributed by atoms with Crippen molar-refractivity contribution in [3.05, 3.63) is 0 Å². The normalized spacial score (nSPS) is 12.7. The molecule has 0 aromatic rings. The van der Waals surface area contributed by atoms with Gasteiger partial charge >= 0.3 is 15.3 Å². The zero-order chi connectivity index (χ0) is 13.8. The molecule has 4 nitrogen and oxygen atoms in total. The second-order valence-electron chi connectivity index (χ2n) is 4.50. The van der Waals surface area contributed by atoms with Crippen LogP contribution in [0.3, 0.4) is 0 Å². The highest BCUT2D eigenvalue weighted by Crippen LogP contribution is 2.23. The number of carbonyl (C=O) groups excluding carboxylic acids is 1. The van der Waals surface area contributed by atoms with Gasteiger partial charge in [-0.25, -0.2) is 0 Å². The van der Waals surface area contributed by atoms with Crippen molar-refractivity contribution in [3.63, 3.8) is 0 Å². The van der Waals surface area contributed by atoms with Crippen molar-refractivity contribution >= 4 is 15.3 Å². The Kier molecular flexibility index (Phi) is 11.4. The minimum absolute atomic E-state index is 0.0974. The topological polar surface area (TPSA) is 44.8 Å². The van der Waals surface area contributed by atoms with E-state index in [2.05, 4.69) is 6.92 Å². The van der Waals surface area contributed by atoms with Crippen LogP contribution in [0.2, 0.25) is 5.54 Å². The van der Waals surface area contributed by atoms with Crippen LogP contribution in [0.25, 0.3) is 0 Å². The van der Waals surface area contributed by atoms with Crippen molar-refractivity contribution < 1.29 is 18.4 Å². The Balaban J connectivity index is 4.03. The molecule has 0 bridgehead atoms. The van der Waals surface area contributed by atoms with Crippen molar-refractivity contribution in [2.24, 2.45) is 0 Å². The van der Waals surface area contributed by atoms with Crippen molar-refractivity contribution in [2.75, 3.05) is 20.8 Å². The molecule has 0 spiro atoms. The smallest absolute Gasteiger partial charge is 0.324 e. The molecule has 0 rings (SSSR count). The molecule has 108 valence electrons. The van der Waals surface area contributed by atoms with Crippen molar-refractivity contribution in [2.45, 2.75) is 57.9 Å². The minimum Gasteiger partial charge on any atom is -0.466 e. The molecule has 0 aromatic heterocycles. The molecule has 1 atom stereocenters. The number of esters is 1. The first-order chi connectivity index (χ1) is 8.69. The second kappa shape index (κ2) is 11.7. The van der Waals surface area contributed by atoms with Gasteiger partial charge in [0.1, 0.15) is 0 Å². The lowest BCUT2D eigenvalue weighted by Gasteiger charge is -2.22. The van der Waals surface area contributed by atoms with Gasteiger partial charge in [-0.2, -0.15) is 0 Å². The first kappa shape index (κ1) is 17.6. The van der Waals surface area contributed by atoms with Crippen LogP contribution in [0.1, 0.15) is 52.4 Å². The average molecular weight is 276 g/mol. The lowest BCUT2D eigenvalue weighted by Crippen LogP contribution is -2.27. The van der Waals surface area contributed by atoms with Gasteiger partial charge in [0.25, 0.3) is 0 Å². The Bertz CT molecular complexity index is 207. The van der Waals surface area contributed by atoms with Gasteiger partial charge in [-0.3, -0.25) is 4.79 Å². The molecule has 0 radical (unpaired) electrons. The second-order valence-corrected chi connectivity index (χ2v) is 7.12. The average Bonchev–Trinajstić information content (AvgIpc) is 2.36. The van der Waals surface area contributed by atoms with Gasteiger partial charge in [-0.05, 0) is 19.3 Å². The Morgan fingerprint density at radius 2 is 1.78 bits per heavy atom. The van der Waals surface area contributed by atoms with Gasteiger partial charge in [0, 0.05) is 26.2 Å². The quantitative estimate of drug-likeness (QED) is 0.430. The third-order valence-electron chi connectivity index (χ3n) is 2.98. The van der Waals surface area contributed by atoms with Crippen LogP contribution >= 0.6 is 0 Å². The maximum Gasteiger partial charge on any atom is 0.324 e. The predicted octanol–water partition coefficient (Wildman–Crippen LogP) is 2.79. The largest absolute Gasteiger partial charge is 0.466 e. The summed E-state index contributed by atoms with van der Waals surface area (Å²) >= 11 is 0. The van der Waals surface area contributed by atoms with E-state index >= 15 is 0 Å². The number of rotatable bonds is 11. The number of hydrogen-bond acceptors (Lipinski definition) is 4. The van der Waals surface area contributed by atoms with Crippen molar-refractivity contribution in [1.29, 1.82) is 0 Å². The van der Waals surface area contributed by atoms with Crippen LogP contribution in [0.5, 0.6) is 0 Å². The Hall–Kier alpha value is -0.393. The molecular weight excluding hydrogens is 248 g/mol. The van der Waals surface area contributed by atoms with Crippen LogP contribution in [-0.2, 0) is 18.4 Å². The molecule has 0 aliphatic carbocycles. The summed E-state index contributed by atoms with van der Waals surface area (Å²) in [5.74, 6) is -0.0974. The SMILES string of the molecule is CCCCC(CCOC(=O)CCC)[SiH](OC)OC. The fourth-order valence-electron chi connectivity index (χ4n) is 1.96. The summed E-state index contributed by atoms with van der Waals surface area (Å²) in [6.07, 6.45) is 5.64. The summed E-state index contributed by atoms with van der Waals surface area (Å²) in [6, 6.07) is 0. The van der Waals surface area contributed by atoms with Crippen LogP contribution < -0.4 is 0 Å². The molecule has 0 heterocycles. The minimum atomic E-state index is -1.61. The summed E-state index contributed by atoms with van der Waals surface area (Å²) in [5.41, 5.74) is 0.425. The van der Waals surface area contributed by atoms with E-state index in [-0.39, 0.29) is 5.97 Å². The molecule has 1 unspecified atom stereocenters. The number of ether oxygens (including phenoxy) is 1. The summed E-state index contributed by atoms with van der Waals surface area (Å²) in [4.78, 5) is 11.3. The maximum absolute atomic E-state index is 11.3. The Labute approximate surface area is 113 Å². The van der Waals surface area contributed by atoms with Crippen molar-refractivity contribution in [3.8, 4) is 0 Å². The van der Waals surface area contributed by atoms with Crippen LogP contribution in [0.15, 0.2) is 0 Å². The van der Waals surface area contributed by atoms with E-state index in [4.69, 9.17) is 13.6 Å². The highest BCUT2D eigenvalue weighted by Gasteiger charge is 2.24. The first-order valence-corrected chi connectivity index (χ1v) is 8.51. The van der Waals surface area contributed by atoms with Crippen LogP contribution in [-0.4, -0.2) is 36.1 Å². The molecule has 5 heteroatoms. The molecule has 0 aromatic carbocycles. The summed E-state index contributed by atoms with van der Waals surface area (Å²) in [7, 11) is 1.81. The lowest BCUT2D eigenvalue weighted by atomic mass is 10.1. The molecule has 0 N–H and O–H groups in total. The van der Waals surface area contributed by atoms with E-state index in [9.17, 15) is 4.79 Å². The zero-order valence-electron chi connectivity index (χ0n) is 12.2. The fourth-order valence-corrected chi connectivity index (χ4v) is 3.84. The Morgan fingerprint density at radius 3 is 2.28 bits per heavy atom. The molecule has 0 aliphatic rings. The summed E-state index contributed by atoms with van der Waals surface area (Å²) in [5, 5.41) is 0. The van der Waals surface area contributed by atoms with E-state index in [1.807, 2.05) is 6.92 Å². The van der Waals surface area contributed by atoms with E-state index in [0.717, 1.165) is 19.3 Å². The molecule has 0 fully saturated rings. The molecular formula is C13H28O4Si. The maximum atomic E-state index is 11.3. The van der Waals surface area contributed by atoms with E-state index in [1.165, 1.54) is 12.8 Å². The highest BCUT2D eigenvalue weighted by atomic mass is 28.3. The molecule has 0 saturated carbocycles. The van der Waals surface area contributed by atoms with Gasteiger partial charge in [0.2, 0.25) is 0 Å². The lowest BCUT2D eigenvalue weighted by molar-refractivity contribution is -0.143. The van der Waals surface area contributed by atoms with Crippen LogP contribution in [0.4, 0.5) is 0 Å². The van der Waals surface area contributed by atoms with Gasteiger partial charge < -0.3 is 13.6 Å². The molecule has 0 amide bonds. The third kappa shape index (κ3) is 7.84. The fraction of sp³-hybridized carbons (Fsp3) is 0.923. The molecule has 0 aliphatic heterocycles. The monoisotopic (exact) mass is 276 g/mol. The molecule has 18 heavy (non-hydrogen) atoms. The molecule has 0 saturated heterocycles. The highest BCUT2D eigenvalue weighted by molar-refractivity contribution is 6.46. The van der Waals surface area contributed by atoms with Gasteiger partial charge in [-0.15, -0.1) is 0 Å². The van der Waals surface area contributed by atoms with Gasteiger partial charge in [0.05, 0.1) is 6.61 Å². The van der Waals surface area contributed by atoms with E-state index in [1.54, 1.807) is 14.2 Å².